The highest BCUT2D eigenvalue weighted by Gasteiger charge is 2.16. The van der Waals surface area contributed by atoms with Crippen molar-refractivity contribution in [3.05, 3.63) is 54.1 Å². The lowest BCUT2D eigenvalue weighted by atomic mass is 10.2. The average molecular weight is 378 g/mol. The molecule has 0 radical (unpaired) electrons. The summed E-state index contributed by atoms with van der Waals surface area (Å²) in [5, 5.41) is 2.40. The molecule has 1 aliphatic heterocycles. The number of carbonyl (C=O) groups is 1. The fraction of sp³-hybridized carbons (Fsp3) is 0.316. The van der Waals surface area contributed by atoms with Gasteiger partial charge in [-0.3, -0.25) is 4.79 Å². The Bertz CT molecular complexity index is 765. The van der Waals surface area contributed by atoms with Crippen molar-refractivity contribution in [1.29, 1.82) is 0 Å². The number of halogens is 2. The first-order chi connectivity index (χ1) is 12.5. The summed E-state index contributed by atoms with van der Waals surface area (Å²) in [4.78, 5) is 15.1. The molecule has 2 aromatic carbocycles. The van der Waals surface area contributed by atoms with E-state index in [0.29, 0.717) is 10.6 Å². The Morgan fingerprint density at radius 2 is 1.81 bits per heavy atom. The lowest BCUT2D eigenvalue weighted by molar-refractivity contribution is -0.115. The minimum atomic E-state index is -0.915. The van der Waals surface area contributed by atoms with Crippen molar-refractivity contribution >= 4 is 29.0 Å². The zero-order valence-corrected chi connectivity index (χ0v) is 15.2. The molecule has 0 aliphatic carbocycles. The first kappa shape index (κ1) is 18.7. The van der Waals surface area contributed by atoms with Crippen LogP contribution in [0.15, 0.2) is 47.4 Å². The van der Waals surface area contributed by atoms with Gasteiger partial charge in [0.25, 0.3) is 0 Å². The Hall–Kier alpha value is -2.12. The van der Waals surface area contributed by atoms with Gasteiger partial charge in [0.15, 0.2) is 11.6 Å². The molecular weight excluding hydrogens is 358 g/mol. The first-order valence-electron chi connectivity index (χ1n) is 8.38. The van der Waals surface area contributed by atoms with Crippen LogP contribution in [0.2, 0.25) is 0 Å². The van der Waals surface area contributed by atoms with Crippen LogP contribution in [0.4, 0.5) is 20.2 Å². The van der Waals surface area contributed by atoms with Crippen molar-refractivity contribution in [3.63, 3.8) is 0 Å². The van der Waals surface area contributed by atoms with E-state index < -0.39 is 16.9 Å². The number of amides is 1. The molecule has 0 spiro atoms. The molecule has 0 aromatic heterocycles. The summed E-state index contributed by atoms with van der Waals surface area (Å²) in [5.74, 6) is -2.01. The van der Waals surface area contributed by atoms with Crippen LogP contribution in [-0.4, -0.2) is 37.5 Å². The maximum atomic E-state index is 13.3. The fourth-order valence-electron chi connectivity index (χ4n) is 2.63. The highest BCUT2D eigenvalue weighted by molar-refractivity contribution is 8.00. The second kappa shape index (κ2) is 8.51. The molecule has 1 amide bonds. The van der Waals surface area contributed by atoms with Crippen molar-refractivity contribution in [1.82, 2.24) is 0 Å². The summed E-state index contributed by atoms with van der Waals surface area (Å²) >= 11 is 1.18. The van der Waals surface area contributed by atoms with Crippen LogP contribution < -0.4 is 10.2 Å². The molecular formula is C19H20F2N2O2S. The van der Waals surface area contributed by atoms with Crippen molar-refractivity contribution < 1.29 is 18.3 Å². The number of hydrogen-bond acceptors (Lipinski definition) is 4. The Kier molecular flexibility index (Phi) is 6.11. The number of ether oxygens (including phenoxy) is 1. The summed E-state index contributed by atoms with van der Waals surface area (Å²) in [6, 6.07) is 11.3. The number of anilines is 2. The normalized spacial score (nSPS) is 15.6. The van der Waals surface area contributed by atoms with Gasteiger partial charge in [-0.25, -0.2) is 8.78 Å². The lowest BCUT2D eigenvalue weighted by Crippen LogP contribution is -2.36. The van der Waals surface area contributed by atoms with Gasteiger partial charge in [-0.2, -0.15) is 0 Å². The number of nitrogens with zero attached hydrogens (tertiary/aromatic N) is 1. The number of carbonyl (C=O) groups excluding carboxylic acids is 1. The van der Waals surface area contributed by atoms with E-state index >= 15 is 0 Å². The quantitative estimate of drug-likeness (QED) is 0.801. The summed E-state index contributed by atoms with van der Waals surface area (Å²) in [6.45, 7) is 4.87. The molecule has 1 atom stereocenters. The molecule has 1 heterocycles. The van der Waals surface area contributed by atoms with Crippen LogP contribution in [0.25, 0.3) is 0 Å². The highest BCUT2D eigenvalue weighted by Crippen LogP contribution is 2.26. The van der Waals surface area contributed by atoms with Gasteiger partial charge < -0.3 is 15.0 Å². The Labute approximate surface area is 155 Å². The van der Waals surface area contributed by atoms with Gasteiger partial charge in [-0.15, -0.1) is 11.8 Å². The minimum absolute atomic E-state index is 0.196. The molecule has 0 bridgehead atoms. The number of hydrogen-bond donors (Lipinski definition) is 1. The molecule has 1 N–H and O–H groups in total. The molecule has 1 aliphatic rings. The van der Waals surface area contributed by atoms with Gasteiger partial charge in [-0.05, 0) is 49.4 Å². The van der Waals surface area contributed by atoms with Gasteiger partial charge in [0.2, 0.25) is 5.91 Å². The standard InChI is InChI=1S/C19H20F2N2O2S/c1-13(26-16-6-7-17(20)18(21)12-16)19(24)22-14-2-4-15(5-3-14)23-8-10-25-11-9-23/h2-7,12-13H,8-11H2,1H3,(H,22,24). The third-order valence-corrected chi connectivity index (χ3v) is 5.18. The molecule has 138 valence electrons. The van der Waals surface area contributed by atoms with E-state index in [9.17, 15) is 13.6 Å². The summed E-state index contributed by atoms with van der Waals surface area (Å²) in [6.07, 6.45) is 0. The van der Waals surface area contributed by atoms with Crippen LogP contribution >= 0.6 is 11.8 Å². The molecule has 4 nitrogen and oxygen atoms in total. The molecule has 7 heteroatoms. The van der Waals surface area contributed by atoms with Crippen molar-refractivity contribution in [3.8, 4) is 0 Å². The van der Waals surface area contributed by atoms with Crippen LogP contribution in [-0.2, 0) is 9.53 Å². The van der Waals surface area contributed by atoms with E-state index in [4.69, 9.17) is 4.74 Å². The van der Waals surface area contributed by atoms with E-state index in [-0.39, 0.29) is 5.91 Å². The largest absolute Gasteiger partial charge is 0.378 e. The zero-order valence-electron chi connectivity index (χ0n) is 14.4. The summed E-state index contributed by atoms with van der Waals surface area (Å²) in [5.41, 5.74) is 1.79. The molecule has 26 heavy (non-hydrogen) atoms. The zero-order chi connectivity index (χ0) is 18.5. The summed E-state index contributed by atoms with van der Waals surface area (Å²) < 4.78 is 31.6. The number of thioether (sulfide) groups is 1. The molecule has 3 rings (SSSR count). The molecule has 1 unspecified atom stereocenters. The number of benzene rings is 2. The maximum Gasteiger partial charge on any atom is 0.237 e. The van der Waals surface area contributed by atoms with E-state index in [1.165, 1.54) is 17.8 Å². The smallest absolute Gasteiger partial charge is 0.237 e. The van der Waals surface area contributed by atoms with Gasteiger partial charge in [0.1, 0.15) is 0 Å². The number of rotatable bonds is 5. The van der Waals surface area contributed by atoms with E-state index in [2.05, 4.69) is 10.2 Å². The van der Waals surface area contributed by atoms with Crippen LogP contribution in [0, 0.1) is 11.6 Å². The van der Waals surface area contributed by atoms with Crippen molar-refractivity contribution in [2.45, 2.75) is 17.1 Å². The van der Waals surface area contributed by atoms with E-state index in [1.54, 1.807) is 6.92 Å². The second-order valence-corrected chi connectivity index (χ2v) is 7.39. The molecule has 1 fully saturated rings. The van der Waals surface area contributed by atoms with E-state index in [1.807, 2.05) is 24.3 Å². The van der Waals surface area contributed by atoms with Crippen LogP contribution in [0.3, 0.4) is 0 Å². The third kappa shape index (κ3) is 4.74. The lowest BCUT2D eigenvalue weighted by Gasteiger charge is -2.28. The van der Waals surface area contributed by atoms with Gasteiger partial charge in [-0.1, -0.05) is 0 Å². The average Bonchev–Trinajstić information content (AvgIpc) is 2.66. The minimum Gasteiger partial charge on any atom is -0.378 e. The topological polar surface area (TPSA) is 41.6 Å². The van der Waals surface area contributed by atoms with Crippen molar-refractivity contribution in [2.75, 3.05) is 36.5 Å². The highest BCUT2D eigenvalue weighted by atomic mass is 32.2. The van der Waals surface area contributed by atoms with Gasteiger partial charge in [0.05, 0.1) is 18.5 Å². The molecule has 1 saturated heterocycles. The SMILES string of the molecule is CC(Sc1ccc(F)c(F)c1)C(=O)Nc1ccc(N2CCOCC2)cc1. The maximum absolute atomic E-state index is 13.3. The first-order valence-corrected chi connectivity index (χ1v) is 9.26. The molecule has 0 saturated carbocycles. The second-order valence-electron chi connectivity index (χ2n) is 5.97. The van der Waals surface area contributed by atoms with Gasteiger partial charge in [0, 0.05) is 29.4 Å². The number of nitrogens with one attached hydrogen (secondary N) is 1. The predicted molar refractivity (Wildman–Crippen MR) is 99.8 cm³/mol. The van der Waals surface area contributed by atoms with Crippen LogP contribution in [0.1, 0.15) is 6.92 Å². The van der Waals surface area contributed by atoms with E-state index in [0.717, 1.165) is 44.1 Å². The summed E-state index contributed by atoms with van der Waals surface area (Å²) in [7, 11) is 0. The van der Waals surface area contributed by atoms with Gasteiger partial charge >= 0.3 is 0 Å². The predicted octanol–water partition coefficient (Wildman–Crippen LogP) is 3.92. The Balaban J connectivity index is 1.57. The fourth-order valence-corrected chi connectivity index (χ4v) is 3.52. The van der Waals surface area contributed by atoms with Crippen molar-refractivity contribution in [2.24, 2.45) is 0 Å². The monoisotopic (exact) mass is 378 g/mol. The molecule has 2 aromatic rings. The Morgan fingerprint density at radius 3 is 2.46 bits per heavy atom. The Morgan fingerprint density at radius 1 is 1.12 bits per heavy atom. The number of morpholine rings is 1. The van der Waals surface area contributed by atoms with Crippen LogP contribution in [0.5, 0.6) is 0 Å². The third-order valence-electron chi connectivity index (χ3n) is 4.08.